The number of amides is 1. The smallest absolute Gasteiger partial charge is 0.260 e. The van der Waals surface area contributed by atoms with Crippen molar-refractivity contribution in [3.63, 3.8) is 0 Å². The molecule has 0 radical (unpaired) electrons. The maximum absolute atomic E-state index is 12.4. The van der Waals surface area contributed by atoms with Crippen LogP contribution < -0.4 is 9.47 Å². The van der Waals surface area contributed by atoms with Gasteiger partial charge < -0.3 is 14.4 Å². The molecule has 27 heavy (non-hydrogen) atoms. The molecular formula is C21H19N3O3. The summed E-state index contributed by atoms with van der Waals surface area (Å²) in [5.41, 5.74) is 2.55. The van der Waals surface area contributed by atoms with Gasteiger partial charge in [-0.15, -0.1) is 0 Å². The maximum Gasteiger partial charge on any atom is 0.260 e. The summed E-state index contributed by atoms with van der Waals surface area (Å²) in [7, 11) is 0. The zero-order valence-electron chi connectivity index (χ0n) is 14.7. The zero-order chi connectivity index (χ0) is 18.5. The summed E-state index contributed by atoms with van der Waals surface area (Å²) in [5.74, 6) is 1.36. The van der Waals surface area contributed by atoms with Crippen molar-refractivity contribution in [3.8, 4) is 22.8 Å². The van der Waals surface area contributed by atoms with Gasteiger partial charge in [0.1, 0.15) is 23.8 Å². The van der Waals surface area contributed by atoms with E-state index in [1.54, 1.807) is 17.3 Å². The van der Waals surface area contributed by atoms with E-state index >= 15 is 0 Å². The summed E-state index contributed by atoms with van der Waals surface area (Å²) in [6.45, 7) is 1.28. The maximum atomic E-state index is 12.4. The minimum absolute atomic E-state index is 0.00855. The van der Waals surface area contributed by atoms with Gasteiger partial charge in [-0.05, 0) is 36.4 Å². The molecule has 6 heteroatoms. The molecule has 0 saturated carbocycles. The van der Waals surface area contributed by atoms with E-state index < -0.39 is 0 Å². The van der Waals surface area contributed by atoms with E-state index in [1.807, 2.05) is 54.6 Å². The van der Waals surface area contributed by atoms with Gasteiger partial charge in [-0.2, -0.15) is 0 Å². The predicted molar refractivity (Wildman–Crippen MR) is 100 cm³/mol. The summed E-state index contributed by atoms with van der Waals surface area (Å²) in [6.07, 6.45) is 3.46. The van der Waals surface area contributed by atoms with Crippen molar-refractivity contribution in [3.05, 3.63) is 72.7 Å². The van der Waals surface area contributed by atoms with E-state index in [1.165, 1.54) is 0 Å². The second-order valence-corrected chi connectivity index (χ2v) is 6.14. The molecule has 0 unspecified atom stereocenters. The van der Waals surface area contributed by atoms with Crippen LogP contribution in [0.1, 0.15) is 5.69 Å². The summed E-state index contributed by atoms with van der Waals surface area (Å²) in [5, 5.41) is 0. The van der Waals surface area contributed by atoms with Crippen molar-refractivity contribution in [2.75, 3.05) is 19.8 Å². The Morgan fingerprint density at radius 3 is 2.67 bits per heavy atom. The first kappa shape index (κ1) is 17.0. The average molecular weight is 361 g/mol. The van der Waals surface area contributed by atoms with Crippen molar-refractivity contribution >= 4 is 5.91 Å². The van der Waals surface area contributed by atoms with Gasteiger partial charge in [-0.25, -0.2) is 4.98 Å². The minimum Gasteiger partial charge on any atom is -0.492 e. The molecule has 6 nitrogen and oxygen atoms in total. The fourth-order valence-electron chi connectivity index (χ4n) is 2.91. The molecule has 0 aliphatic carbocycles. The molecule has 0 atom stereocenters. The number of hydrogen-bond donors (Lipinski definition) is 0. The number of benzene rings is 1. The lowest BCUT2D eigenvalue weighted by Crippen LogP contribution is -2.35. The van der Waals surface area contributed by atoms with Gasteiger partial charge >= 0.3 is 0 Å². The molecule has 1 aromatic carbocycles. The van der Waals surface area contributed by atoms with E-state index in [0.29, 0.717) is 25.4 Å². The third-order valence-electron chi connectivity index (χ3n) is 4.33. The third-order valence-corrected chi connectivity index (χ3v) is 4.33. The van der Waals surface area contributed by atoms with Gasteiger partial charge in [0.05, 0.1) is 18.8 Å². The molecule has 4 rings (SSSR count). The summed E-state index contributed by atoms with van der Waals surface area (Å²) >= 11 is 0. The van der Waals surface area contributed by atoms with Crippen LogP contribution in [-0.2, 0) is 11.3 Å². The van der Waals surface area contributed by atoms with Gasteiger partial charge in [0.15, 0.2) is 6.61 Å². The summed E-state index contributed by atoms with van der Waals surface area (Å²) in [4.78, 5) is 22.9. The number of nitrogens with zero attached hydrogens (tertiary/aromatic N) is 3. The van der Waals surface area contributed by atoms with Crippen LogP contribution in [0.5, 0.6) is 11.5 Å². The standard InChI is InChI=1S/C21H19N3O3/c25-21-15-27-20-7-6-18(16-8-10-22-11-9-16)23-19(20)14-24(21)12-13-26-17-4-2-1-3-5-17/h1-11H,12-15H2. The van der Waals surface area contributed by atoms with E-state index in [9.17, 15) is 4.79 Å². The summed E-state index contributed by atoms with van der Waals surface area (Å²) < 4.78 is 11.4. The number of pyridine rings is 2. The van der Waals surface area contributed by atoms with Crippen LogP contribution in [0, 0.1) is 0 Å². The van der Waals surface area contributed by atoms with Crippen molar-refractivity contribution in [2.45, 2.75) is 6.54 Å². The molecule has 0 N–H and O–H groups in total. The Balaban J connectivity index is 1.48. The molecule has 0 spiro atoms. The number of ether oxygens (including phenoxy) is 2. The topological polar surface area (TPSA) is 64.5 Å². The van der Waals surface area contributed by atoms with Crippen molar-refractivity contribution in [1.82, 2.24) is 14.9 Å². The van der Waals surface area contributed by atoms with Crippen LogP contribution in [-0.4, -0.2) is 40.5 Å². The fourth-order valence-corrected chi connectivity index (χ4v) is 2.91. The van der Waals surface area contributed by atoms with Crippen LogP contribution in [0.4, 0.5) is 0 Å². The quantitative estimate of drug-likeness (QED) is 0.699. The lowest BCUT2D eigenvalue weighted by atomic mass is 10.1. The lowest BCUT2D eigenvalue weighted by Gasteiger charge is -2.20. The van der Waals surface area contributed by atoms with Crippen LogP contribution in [0.2, 0.25) is 0 Å². The highest BCUT2D eigenvalue weighted by molar-refractivity contribution is 5.78. The number of carbonyl (C=O) groups is 1. The molecule has 0 bridgehead atoms. The van der Waals surface area contributed by atoms with Gasteiger partial charge in [0, 0.05) is 18.0 Å². The Bertz CT molecular complexity index is 916. The van der Waals surface area contributed by atoms with E-state index in [4.69, 9.17) is 14.5 Å². The highest BCUT2D eigenvalue weighted by atomic mass is 16.5. The largest absolute Gasteiger partial charge is 0.492 e. The number of aromatic nitrogens is 2. The third kappa shape index (κ3) is 4.06. The Hall–Kier alpha value is -3.41. The van der Waals surface area contributed by atoms with E-state index in [0.717, 1.165) is 22.7 Å². The van der Waals surface area contributed by atoms with Gasteiger partial charge in [0.2, 0.25) is 0 Å². The number of para-hydroxylation sites is 1. The van der Waals surface area contributed by atoms with Crippen LogP contribution in [0.15, 0.2) is 67.0 Å². The van der Waals surface area contributed by atoms with Crippen molar-refractivity contribution in [1.29, 1.82) is 0 Å². The molecular weight excluding hydrogens is 342 g/mol. The first-order valence-corrected chi connectivity index (χ1v) is 8.78. The highest BCUT2D eigenvalue weighted by Gasteiger charge is 2.23. The van der Waals surface area contributed by atoms with Crippen molar-refractivity contribution < 1.29 is 14.3 Å². The van der Waals surface area contributed by atoms with E-state index in [2.05, 4.69) is 4.98 Å². The molecule has 0 fully saturated rings. The molecule has 136 valence electrons. The second-order valence-electron chi connectivity index (χ2n) is 6.14. The Morgan fingerprint density at radius 1 is 1.04 bits per heavy atom. The van der Waals surface area contributed by atoms with Gasteiger partial charge in [-0.1, -0.05) is 18.2 Å². The summed E-state index contributed by atoms with van der Waals surface area (Å²) in [6, 6.07) is 17.1. The molecule has 2 aromatic heterocycles. The molecule has 1 aliphatic heterocycles. The number of hydrogen-bond acceptors (Lipinski definition) is 5. The lowest BCUT2D eigenvalue weighted by molar-refractivity contribution is -0.133. The molecule has 0 saturated heterocycles. The van der Waals surface area contributed by atoms with Crippen molar-refractivity contribution in [2.24, 2.45) is 0 Å². The second kappa shape index (κ2) is 7.86. The minimum atomic E-state index is -0.0740. The van der Waals surface area contributed by atoms with E-state index in [-0.39, 0.29) is 12.5 Å². The number of fused-ring (bicyclic) bond motifs is 1. The molecule has 3 heterocycles. The monoisotopic (exact) mass is 361 g/mol. The molecule has 1 aliphatic rings. The SMILES string of the molecule is O=C1COc2ccc(-c3ccncc3)nc2CN1CCOc1ccccc1. The van der Waals surface area contributed by atoms with Gasteiger partial charge in [0.25, 0.3) is 5.91 Å². The van der Waals surface area contributed by atoms with Gasteiger partial charge in [-0.3, -0.25) is 9.78 Å². The first-order chi connectivity index (χ1) is 13.3. The zero-order valence-corrected chi connectivity index (χ0v) is 14.7. The number of rotatable bonds is 5. The normalized spacial score (nSPS) is 13.5. The highest BCUT2D eigenvalue weighted by Crippen LogP contribution is 2.26. The van der Waals surface area contributed by atoms with Crippen LogP contribution in [0.25, 0.3) is 11.3 Å². The number of carbonyl (C=O) groups excluding carboxylic acids is 1. The Labute approximate surface area is 157 Å². The average Bonchev–Trinajstić information content (AvgIpc) is 2.88. The fraction of sp³-hybridized carbons (Fsp3) is 0.190. The van der Waals surface area contributed by atoms with Crippen LogP contribution >= 0.6 is 0 Å². The Kier molecular flexibility index (Phi) is 4.96. The predicted octanol–water partition coefficient (Wildman–Crippen LogP) is 2.94. The molecule has 1 amide bonds. The molecule has 3 aromatic rings. The first-order valence-electron chi connectivity index (χ1n) is 8.78. The van der Waals surface area contributed by atoms with Crippen LogP contribution in [0.3, 0.4) is 0 Å². The Morgan fingerprint density at radius 2 is 1.85 bits per heavy atom.